The van der Waals surface area contributed by atoms with Gasteiger partial charge in [0.15, 0.2) is 5.82 Å². The van der Waals surface area contributed by atoms with E-state index in [9.17, 15) is 0 Å². The van der Waals surface area contributed by atoms with E-state index in [0.29, 0.717) is 5.92 Å². The van der Waals surface area contributed by atoms with Gasteiger partial charge in [-0.1, -0.05) is 13.8 Å². The van der Waals surface area contributed by atoms with Gasteiger partial charge in [-0.3, -0.25) is 0 Å². The molecule has 1 aromatic rings. The lowest BCUT2D eigenvalue weighted by molar-refractivity contribution is 0.764. The van der Waals surface area contributed by atoms with Crippen molar-refractivity contribution in [1.82, 2.24) is 14.8 Å². The first-order chi connectivity index (χ1) is 5.77. The van der Waals surface area contributed by atoms with E-state index in [1.807, 2.05) is 6.20 Å². The predicted octanol–water partition coefficient (Wildman–Crippen LogP) is 2.63. The molecule has 0 aromatic carbocycles. The van der Waals surface area contributed by atoms with Gasteiger partial charge in [0.25, 0.3) is 5.95 Å². The van der Waals surface area contributed by atoms with Gasteiger partial charge in [0, 0.05) is 37.2 Å². The first kappa shape index (κ1) is 8.03. The summed E-state index contributed by atoms with van der Waals surface area (Å²) < 4.78 is 8.13. The van der Waals surface area contributed by atoms with Crippen LogP contribution < -0.4 is 0 Å². The Bertz CT molecular complexity index is 321. The van der Waals surface area contributed by atoms with Crippen molar-refractivity contribution in [3.8, 4) is 0 Å². The maximum absolute atomic E-state index is 4.31. The summed E-state index contributed by atoms with van der Waals surface area (Å²) in [5, 5.41) is 4.29. The van der Waals surface area contributed by atoms with Crippen LogP contribution >= 0.6 is 21.0 Å². The van der Waals surface area contributed by atoms with E-state index in [1.165, 1.54) is 0 Å². The van der Waals surface area contributed by atoms with Gasteiger partial charge in [0.05, 0.1) is 0 Å². The van der Waals surface area contributed by atoms with E-state index in [2.05, 4.69) is 31.2 Å². The van der Waals surface area contributed by atoms with Crippen molar-refractivity contribution in [3.05, 3.63) is 9.91 Å². The molecular weight excluding hydrogens is 267 g/mol. The quantitative estimate of drug-likeness (QED) is 0.740. The molecule has 5 heteroatoms. The second-order valence-electron chi connectivity index (χ2n) is 2.83. The second kappa shape index (κ2) is 3.04. The van der Waals surface area contributed by atoms with Crippen LogP contribution in [0, 0.1) is 0 Å². The SMILES string of the molecule is CC(C)c1nc2n(n1)C=CI=N2. The van der Waals surface area contributed by atoms with E-state index < -0.39 is 0 Å². The van der Waals surface area contributed by atoms with Crippen molar-refractivity contribution < 1.29 is 0 Å². The summed E-state index contributed by atoms with van der Waals surface area (Å²) in [7, 11) is 0. The van der Waals surface area contributed by atoms with Crippen LogP contribution in [0.15, 0.2) is 7.23 Å². The Kier molecular flexibility index (Phi) is 2.03. The molecule has 12 heavy (non-hydrogen) atoms. The molecule has 64 valence electrons. The van der Waals surface area contributed by atoms with Crippen LogP contribution in [0.4, 0.5) is 5.95 Å². The van der Waals surface area contributed by atoms with Crippen LogP contribution in [0.2, 0.25) is 0 Å². The van der Waals surface area contributed by atoms with Crippen molar-refractivity contribution >= 4 is 33.2 Å². The van der Waals surface area contributed by atoms with E-state index >= 15 is 0 Å². The highest BCUT2D eigenvalue weighted by atomic mass is 127. The third-order valence-corrected chi connectivity index (χ3v) is 2.88. The molecule has 0 unspecified atom stereocenters. The van der Waals surface area contributed by atoms with Gasteiger partial charge < -0.3 is 0 Å². The molecule has 0 saturated carbocycles. The van der Waals surface area contributed by atoms with Gasteiger partial charge in [-0.25, -0.2) is 4.68 Å². The van der Waals surface area contributed by atoms with E-state index in [1.54, 1.807) is 4.68 Å². The number of hydrogen-bond acceptors (Lipinski definition) is 3. The fraction of sp³-hybridized carbons (Fsp3) is 0.429. The fourth-order valence-corrected chi connectivity index (χ4v) is 2.07. The number of aromatic nitrogens is 3. The van der Waals surface area contributed by atoms with Gasteiger partial charge in [-0.15, -0.1) is 5.10 Å². The molecular formula is C7H9IN4. The molecule has 4 nitrogen and oxygen atoms in total. The molecule has 1 aliphatic heterocycles. The van der Waals surface area contributed by atoms with Crippen molar-refractivity contribution in [1.29, 1.82) is 0 Å². The number of nitrogens with zero attached hydrogens (tertiary/aromatic N) is 4. The minimum absolute atomic E-state index is 0.160. The fourth-order valence-electron chi connectivity index (χ4n) is 0.884. The summed E-state index contributed by atoms with van der Waals surface area (Å²) in [5.41, 5.74) is 0. The second-order valence-corrected chi connectivity index (χ2v) is 4.59. The highest BCUT2D eigenvalue weighted by Crippen LogP contribution is 2.24. The molecule has 0 bridgehead atoms. The van der Waals surface area contributed by atoms with Gasteiger partial charge in [-0.05, 0) is 0 Å². The molecule has 2 heterocycles. The van der Waals surface area contributed by atoms with Crippen LogP contribution in [0.25, 0.3) is 6.20 Å². The molecule has 1 aromatic heterocycles. The van der Waals surface area contributed by atoms with Crippen molar-refractivity contribution in [2.75, 3.05) is 0 Å². The Balaban J connectivity index is 2.47. The largest absolute Gasteiger partial charge is 0.257 e. The Hall–Kier alpha value is -0.590. The molecule has 0 spiro atoms. The van der Waals surface area contributed by atoms with Crippen LogP contribution in [0.5, 0.6) is 0 Å². The third kappa shape index (κ3) is 1.33. The zero-order valence-corrected chi connectivity index (χ0v) is 9.06. The third-order valence-electron chi connectivity index (χ3n) is 1.52. The Morgan fingerprint density at radius 1 is 1.50 bits per heavy atom. The molecule has 0 amide bonds. The highest BCUT2D eigenvalue weighted by molar-refractivity contribution is 14.2. The Morgan fingerprint density at radius 2 is 2.33 bits per heavy atom. The average Bonchev–Trinajstić information content (AvgIpc) is 2.46. The average molecular weight is 276 g/mol. The number of hydrogen-bond donors (Lipinski definition) is 0. The van der Waals surface area contributed by atoms with Gasteiger partial charge in [0.2, 0.25) is 0 Å². The van der Waals surface area contributed by atoms with Crippen molar-refractivity contribution in [2.24, 2.45) is 3.15 Å². The number of halogens is 1. The molecule has 1 aliphatic rings. The highest BCUT2D eigenvalue weighted by Gasteiger charge is 2.10. The minimum Gasteiger partial charge on any atom is -0.204 e. The monoisotopic (exact) mass is 276 g/mol. The van der Waals surface area contributed by atoms with Crippen LogP contribution in [-0.2, 0) is 0 Å². The normalized spacial score (nSPS) is 14.6. The molecule has 0 fully saturated rings. The van der Waals surface area contributed by atoms with E-state index in [0.717, 1.165) is 11.8 Å². The summed E-state index contributed by atoms with van der Waals surface area (Å²) in [4.78, 5) is 4.31. The topological polar surface area (TPSA) is 43.1 Å². The first-order valence-electron chi connectivity index (χ1n) is 3.74. The lowest BCUT2D eigenvalue weighted by Gasteiger charge is -1.95. The smallest absolute Gasteiger partial charge is 0.204 e. The Morgan fingerprint density at radius 3 is 3.00 bits per heavy atom. The molecule has 0 N–H and O–H groups in total. The standard InChI is InChI=1S/C7H9IN4/c1-5(2)6-9-7-10-8-3-4-12(7)11-6/h3-5H,1-2H3. The van der Waals surface area contributed by atoms with Crippen LogP contribution in [0.3, 0.4) is 0 Å². The van der Waals surface area contributed by atoms with E-state index in [4.69, 9.17) is 0 Å². The summed E-state index contributed by atoms with van der Waals surface area (Å²) >= 11 is -0.160. The molecule has 2 rings (SSSR count). The van der Waals surface area contributed by atoms with Crippen LogP contribution in [-0.4, -0.2) is 14.8 Å². The lowest BCUT2D eigenvalue weighted by atomic mass is 10.2. The van der Waals surface area contributed by atoms with Crippen molar-refractivity contribution in [2.45, 2.75) is 19.8 Å². The van der Waals surface area contributed by atoms with Crippen molar-refractivity contribution in [3.63, 3.8) is 0 Å². The number of rotatable bonds is 1. The first-order valence-corrected chi connectivity index (χ1v) is 5.95. The molecule has 0 atom stereocenters. The number of fused-ring (bicyclic) bond motifs is 1. The molecule has 0 aliphatic carbocycles. The maximum atomic E-state index is 4.31. The maximum Gasteiger partial charge on any atom is 0.257 e. The summed E-state index contributed by atoms with van der Waals surface area (Å²) in [6, 6.07) is 0. The summed E-state index contributed by atoms with van der Waals surface area (Å²) in [6.45, 7) is 4.17. The minimum atomic E-state index is -0.160. The lowest BCUT2D eigenvalue weighted by Crippen LogP contribution is -1.92. The van der Waals surface area contributed by atoms with Gasteiger partial charge in [0.1, 0.15) is 0 Å². The van der Waals surface area contributed by atoms with Gasteiger partial charge in [-0.2, -0.15) is 8.13 Å². The summed E-state index contributed by atoms with van der Waals surface area (Å²) in [5.74, 6) is 2.03. The van der Waals surface area contributed by atoms with Crippen LogP contribution in [0.1, 0.15) is 25.6 Å². The Labute approximate surface area is 80.8 Å². The molecule has 0 radical (unpaired) electrons. The summed E-state index contributed by atoms with van der Waals surface area (Å²) in [6.07, 6.45) is 1.95. The molecule has 0 saturated heterocycles. The van der Waals surface area contributed by atoms with E-state index in [-0.39, 0.29) is 21.0 Å². The zero-order chi connectivity index (χ0) is 8.55. The predicted molar refractivity (Wildman–Crippen MR) is 55.5 cm³/mol. The zero-order valence-electron chi connectivity index (χ0n) is 6.90. The van der Waals surface area contributed by atoms with Gasteiger partial charge >= 0.3 is 0 Å².